The topological polar surface area (TPSA) is 216 Å². The molecule has 19 atom stereocenters. The summed E-state index contributed by atoms with van der Waals surface area (Å²) in [5, 5.41) is 43.4. The van der Waals surface area contributed by atoms with Gasteiger partial charge in [0.2, 0.25) is 0 Å². The van der Waals surface area contributed by atoms with Crippen LogP contribution in [0, 0.1) is 23.7 Å². The van der Waals surface area contributed by atoms with E-state index in [9.17, 15) is 29.3 Å². The number of benzene rings is 1. The number of hydrogen-bond donors (Lipinski definition) is 3. The molecule has 3 aromatic rings. The van der Waals surface area contributed by atoms with Crippen LogP contribution in [0.1, 0.15) is 125 Å². The third-order valence-electron chi connectivity index (χ3n) is 16.7. The zero-order valence-corrected chi connectivity index (χ0v) is 46.6. The van der Waals surface area contributed by atoms with Gasteiger partial charge in [-0.1, -0.05) is 63.2 Å². The molecule has 6 rings (SSSR count). The van der Waals surface area contributed by atoms with Gasteiger partial charge in [-0.3, -0.25) is 14.6 Å². The lowest BCUT2D eigenvalue weighted by molar-refractivity contribution is -0.309. The number of pyridine rings is 1. The minimum Gasteiger partial charge on any atom is -0.459 e. The Kier molecular flexibility index (Phi) is 20.7. The first-order chi connectivity index (χ1) is 35.4. The normalized spacial score (nSPS) is 37.4. The maximum absolute atomic E-state index is 14.9. The number of likely N-dealkylation sites (N-methyl/N-ethyl adjacent to an activating group) is 1. The summed E-state index contributed by atoms with van der Waals surface area (Å²) in [6.45, 7) is 17.2. The average Bonchev–Trinajstić information content (AvgIpc) is 3.88. The second-order valence-electron chi connectivity index (χ2n) is 22.2. The van der Waals surface area contributed by atoms with Crippen molar-refractivity contribution in [3.05, 3.63) is 66.2 Å². The largest absolute Gasteiger partial charge is 0.459 e. The van der Waals surface area contributed by atoms with Crippen molar-refractivity contribution >= 4 is 11.8 Å². The first-order valence-corrected chi connectivity index (χ1v) is 26.7. The molecule has 3 aliphatic rings. The van der Waals surface area contributed by atoms with Crippen molar-refractivity contribution in [1.29, 1.82) is 0 Å². The summed E-state index contributed by atoms with van der Waals surface area (Å²) in [5.41, 5.74) is -0.821. The number of cyclic esters (lactones) is 1. The second kappa shape index (κ2) is 25.7. The van der Waals surface area contributed by atoms with Crippen LogP contribution in [-0.4, -0.2) is 172 Å². The van der Waals surface area contributed by atoms with E-state index in [1.807, 2.05) is 64.2 Å². The third-order valence-corrected chi connectivity index (χ3v) is 16.7. The number of aliphatic hydroxyl groups is 3. The van der Waals surface area contributed by atoms with Gasteiger partial charge in [0.05, 0.1) is 53.3 Å². The Hall–Kier alpha value is -3.86. The van der Waals surface area contributed by atoms with E-state index in [1.165, 1.54) is 14.0 Å². The van der Waals surface area contributed by atoms with Gasteiger partial charge in [0.1, 0.15) is 42.4 Å². The Bertz CT molecular complexity index is 2280. The smallest absolute Gasteiger partial charge is 0.311 e. The van der Waals surface area contributed by atoms with Gasteiger partial charge in [-0.2, -0.15) is 0 Å². The lowest BCUT2D eigenvalue weighted by Crippen LogP contribution is -2.60. The number of alkyl halides is 1. The fourth-order valence-corrected chi connectivity index (χ4v) is 11.7. The highest BCUT2D eigenvalue weighted by atomic mass is 19.1. The van der Waals surface area contributed by atoms with Crippen LogP contribution in [0.25, 0.3) is 11.1 Å². The molecular weight excluding hydrogens is 970 g/mol. The fourth-order valence-electron chi connectivity index (χ4n) is 11.7. The maximum Gasteiger partial charge on any atom is 0.311 e. The van der Waals surface area contributed by atoms with Crippen molar-refractivity contribution < 1.29 is 67.2 Å². The summed E-state index contributed by atoms with van der Waals surface area (Å²) in [4.78, 5) is 35.2. The predicted molar refractivity (Wildman–Crippen MR) is 277 cm³/mol. The van der Waals surface area contributed by atoms with Crippen LogP contribution in [0.3, 0.4) is 0 Å². The number of aliphatic hydroxyl groups excluding tert-OH is 2. The number of methoxy groups -OCH3 is 3. The summed E-state index contributed by atoms with van der Waals surface area (Å²) in [7, 11) is 6.65. The molecule has 0 aliphatic carbocycles. The van der Waals surface area contributed by atoms with Crippen LogP contribution in [0.4, 0.5) is 4.39 Å². The first kappa shape index (κ1) is 60.4. The molecule has 19 heteroatoms. The molecule has 3 aliphatic heterocycles. The van der Waals surface area contributed by atoms with Gasteiger partial charge in [-0.25, -0.2) is 9.07 Å². The molecule has 0 amide bonds. The lowest BCUT2D eigenvalue weighted by Gasteiger charge is -2.49. The van der Waals surface area contributed by atoms with Gasteiger partial charge >= 0.3 is 5.97 Å². The van der Waals surface area contributed by atoms with Crippen molar-refractivity contribution in [2.45, 2.75) is 198 Å². The molecule has 5 heterocycles. The van der Waals surface area contributed by atoms with Gasteiger partial charge in [0, 0.05) is 89.5 Å². The zero-order valence-electron chi connectivity index (χ0n) is 46.6. The summed E-state index contributed by atoms with van der Waals surface area (Å²) in [5.74, 6) is -4.46. The van der Waals surface area contributed by atoms with E-state index in [-0.39, 0.29) is 37.2 Å². The molecule has 0 bridgehead atoms. The van der Waals surface area contributed by atoms with Crippen LogP contribution in [0.2, 0.25) is 0 Å². The first-order valence-electron chi connectivity index (χ1n) is 26.7. The lowest BCUT2D eigenvalue weighted by atomic mass is 9.74. The third kappa shape index (κ3) is 13.7. The SMILES string of the molecule is CC[C@H]1OC(=O)[C@H](C)[C@@H](O[C@H]2C[C@@](C)(OC)[C@@H](O)[C@H](C)O2)[C@H](C)[C@@H](O[C@H]2C[C@@H](N(C)CCc3cn([C@H](CF)[C@H](OC)c4ccc(-c5cccnc5)cc4)nn3)C[C@@H](C)O2)[C@](C)(OC)C[C@@H](C)C(=O)[C@H](C)[C@@H](O)[C@]1(C)O. The second-order valence-corrected chi connectivity index (χ2v) is 22.2. The van der Waals surface area contributed by atoms with Gasteiger partial charge in [-0.15, -0.1) is 5.10 Å². The minimum atomic E-state index is -1.99. The summed E-state index contributed by atoms with van der Waals surface area (Å²) in [6.07, 6.45) is -1.60. The minimum absolute atomic E-state index is 0.0275. The number of carbonyl (C=O) groups excluding carboxylic acids is 2. The van der Waals surface area contributed by atoms with E-state index in [0.29, 0.717) is 31.5 Å². The van der Waals surface area contributed by atoms with Crippen LogP contribution in [-0.2, 0) is 53.9 Å². The van der Waals surface area contributed by atoms with E-state index < -0.39 is 114 Å². The molecule has 1 aromatic carbocycles. The highest BCUT2D eigenvalue weighted by molar-refractivity contribution is 5.83. The predicted octanol–water partition coefficient (Wildman–Crippen LogP) is 6.63. The highest BCUT2D eigenvalue weighted by Gasteiger charge is 2.53. The van der Waals surface area contributed by atoms with Gasteiger partial charge in [0.25, 0.3) is 0 Å². The molecular formula is C56H86FN5O13. The van der Waals surface area contributed by atoms with Gasteiger partial charge < -0.3 is 58.1 Å². The van der Waals surface area contributed by atoms with E-state index in [1.54, 1.807) is 79.0 Å². The Morgan fingerprint density at radius 1 is 0.880 bits per heavy atom. The number of hydrogen-bond acceptors (Lipinski definition) is 17. The number of Topliss-reactive ketones (excluding diaryl/α,β-unsaturated/α-hetero) is 1. The molecule has 3 N–H and O–H groups in total. The van der Waals surface area contributed by atoms with Crippen molar-refractivity contribution in [3.63, 3.8) is 0 Å². The number of ether oxygens (including phenoxy) is 8. The molecule has 3 fully saturated rings. The van der Waals surface area contributed by atoms with E-state index in [2.05, 4.69) is 20.2 Å². The number of esters is 1. The Labute approximate surface area is 443 Å². The molecule has 75 heavy (non-hydrogen) atoms. The van der Waals surface area contributed by atoms with Crippen molar-refractivity contribution in [2.75, 3.05) is 41.6 Å². The Morgan fingerprint density at radius 2 is 1.57 bits per heavy atom. The highest BCUT2D eigenvalue weighted by Crippen LogP contribution is 2.42. The van der Waals surface area contributed by atoms with Gasteiger partial charge in [-0.05, 0) is 90.6 Å². The van der Waals surface area contributed by atoms with Crippen molar-refractivity contribution in [3.8, 4) is 11.1 Å². The number of rotatable bonds is 17. The number of ketones is 1. The fraction of sp³-hybridized carbons (Fsp3) is 0.732. The quantitative estimate of drug-likeness (QED) is 0.121. The molecule has 0 unspecified atom stereocenters. The molecule has 0 spiro atoms. The molecule has 0 saturated carbocycles. The number of nitrogens with zero attached hydrogens (tertiary/aromatic N) is 5. The van der Waals surface area contributed by atoms with Crippen LogP contribution < -0.4 is 0 Å². The summed E-state index contributed by atoms with van der Waals surface area (Å²) in [6, 6.07) is 10.9. The molecule has 3 saturated heterocycles. The number of aromatic nitrogens is 4. The maximum atomic E-state index is 14.9. The zero-order chi connectivity index (χ0) is 55.2. The van der Waals surface area contributed by atoms with E-state index >= 15 is 0 Å². The number of carbonyl (C=O) groups is 2. The Balaban J connectivity index is 1.25. The number of halogens is 1. The van der Waals surface area contributed by atoms with Crippen molar-refractivity contribution in [1.82, 2.24) is 24.9 Å². The van der Waals surface area contributed by atoms with Crippen LogP contribution in [0.15, 0.2) is 55.0 Å². The summed E-state index contributed by atoms with van der Waals surface area (Å²) < 4.78 is 67.6. The van der Waals surface area contributed by atoms with Crippen LogP contribution in [0.5, 0.6) is 0 Å². The Morgan fingerprint density at radius 3 is 2.19 bits per heavy atom. The standard InChI is InChI=1S/C56H86FN5O13/c1-15-44-56(10,67)50(64)34(4)47(63)32(2)27-55(9,70-14)52(35(5)48(36(6)53(66)73-44)74-46-28-54(8,69-13)51(65)37(7)72-46)75-45-26-42(25-33(3)71-45)61(11)24-22-41-31-62(60-59-41)43(29-57)49(68-12)39-20-18-38(19-21-39)40-17-16-23-58-30-40/h16-21,23,30-37,42-46,48-52,64-65,67H,15,22,24-29H2,1-14H3/t32-,33-,34+,35+,36-,37+,42+,43-,44-,45+,46+,48+,49-,50-,51+,52-,54-,55-,56-/m1/s1. The average molecular weight is 1060 g/mol. The van der Waals surface area contributed by atoms with Crippen LogP contribution >= 0.6 is 0 Å². The van der Waals surface area contributed by atoms with E-state index in [0.717, 1.165) is 16.7 Å². The molecule has 0 radical (unpaired) electrons. The monoisotopic (exact) mass is 1060 g/mol. The summed E-state index contributed by atoms with van der Waals surface area (Å²) >= 11 is 0. The van der Waals surface area contributed by atoms with E-state index in [4.69, 9.17) is 37.9 Å². The molecule has 18 nitrogen and oxygen atoms in total. The van der Waals surface area contributed by atoms with Crippen molar-refractivity contribution in [2.24, 2.45) is 23.7 Å². The van der Waals surface area contributed by atoms with Gasteiger partial charge in [0.15, 0.2) is 12.6 Å². The molecule has 420 valence electrons. The molecule has 2 aromatic heterocycles.